The predicted octanol–water partition coefficient (Wildman–Crippen LogP) is 1.69. The molecule has 1 aliphatic rings. The van der Waals surface area contributed by atoms with Crippen molar-refractivity contribution in [2.75, 3.05) is 11.4 Å². The van der Waals surface area contributed by atoms with Gasteiger partial charge in [-0.05, 0) is 25.0 Å². The summed E-state index contributed by atoms with van der Waals surface area (Å²) in [4.78, 5) is 12.4. The third-order valence-corrected chi connectivity index (χ3v) is 3.01. The average Bonchev–Trinajstić information content (AvgIpc) is 2.26. The van der Waals surface area contributed by atoms with E-state index >= 15 is 0 Å². The van der Waals surface area contributed by atoms with Crippen LogP contribution in [0.4, 0.5) is 11.4 Å². The van der Waals surface area contributed by atoms with Gasteiger partial charge in [0, 0.05) is 30.4 Å². The number of non-ortho nitro benzene ring substituents is 1. The second-order valence-corrected chi connectivity index (χ2v) is 4.10. The lowest BCUT2D eigenvalue weighted by atomic mass is 10.0. The molecule has 0 aliphatic carbocycles. The van der Waals surface area contributed by atoms with Gasteiger partial charge in [0.15, 0.2) is 0 Å². The summed E-state index contributed by atoms with van der Waals surface area (Å²) in [6.07, 6.45) is 1.11. The first kappa shape index (κ1) is 10.9. The first-order valence-corrected chi connectivity index (χ1v) is 5.27. The fourth-order valence-corrected chi connectivity index (χ4v) is 1.92. The SMILES string of the molecule is CC1CCN1c1cc(CO)cc([N+](=O)[O-])c1. The van der Waals surface area contributed by atoms with E-state index in [4.69, 9.17) is 5.11 Å². The van der Waals surface area contributed by atoms with Gasteiger partial charge in [-0.2, -0.15) is 0 Å². The van der Waals surface area contributed by atoms with E-state index in [9.17, 15) is 10.1 Å². The van der Waals surface area contributed by atoms with E-state index in [1.165, 1.54) is 6.07 Å². The monoisotopic (exact) mass is 222 g/mol. The maximum absolute atomic E-state index is 10.7. The van der Waals surface area contributed by atoms with Gasteiger partial charge >= 0.3 is 0 Å². The molecule has 0 saturated carbocycles. The molecule has 0 spiro atoms. The molecule has 0 bridgehead atoms. The largest absolute Gasteiger partial charge is 0.392 e. The maximum atomic E-state index is 10.7. The van der Waals surface area contributed by atoms with Crippen LogP contribution >= 0.6 is 0 Å². The number of nitro groups is 1. The lowest BCUT2D eigenvalue weighted by Gasteiger charge is -2.40. The number of benzene rings is 1. The Balaban J connectivity index is 2.36. The number of hydrogen-bond donors (Lipinski definition) is 1. The van der Waals surface area contributed by atoms with E-state index in [0.717, 1.165) is 18.7 Å². The van der Waals surface area contributed by atoms with Gasteiger partial charge in [0.25, 0.3) is 5.69 Å². The van der Waals surface area contributed by atoms with E-state index in [1.807, 2.05) is 6.07 Å². The van der Waals surface area contributed by atoms with Crippen LogP contribution in [-0.2, 0) is 6.61 Å². The van der Waals surface area contributed by atoms with Crippen LogP contribution in [-0.4, -0.2) is 22.6 Å². The first-order valence-electron chi connectivity index (χ1n) is 5.27. The van der Waals surface area contributed by atoms with Gasteiger partial charge in [-0.25, -0.2) is 0 Å². The standard InChI is InChI=1S/C11H14N2O3/c1-8-2-3-12(8)10-4-9(7-14)5-11(6-10)13(15)16/h4-6,8,14H,2-3,7H2,1H3. The zero-order chi connectivity index (χ0) is 11.7. The van der Waals surface area contributed by atoms with Crippen LogP contribution in [0.15, 0.2) is 18.2 Å². The van der Waals surface area contributed by atoms with Crippen molar-refractivity contribution in [3.63, 3.8) is 0 Å². The Hall–Kier alpha value is -1.62. The second-order valence-electron chi connectivity index (χ2n) is 4.10. The van der Waals surface area contributed by atoms with Crippen molar-refractivity contribution in [1.29, 1.82) is 0 Å². The minimum Gasteiger partial charge on any atom is -0.392 e. The lowest BCUT2D eigenvalue weighted by molar-refractivity contribution is -0.384. The molecule has 0 aromatic heterocycles. The van der Waals surface area contributed by atoms with Crippen molar-refractivity contribution in [2.24, 2.45) is 0 Å². The van der Waals surface area contributed by atoms with Gasteiger partial charge in [-0.3, -0.25) is 10.1 Å². The molecule has 2 rings (SSSR count). The van der Waals surface area contributed by atoms with Crippen molar-refractivity contribution in [3.8, 4) is 0 Å². The van der Waals surface area contributed by atoms with Crippen molar-refractivity contribution >= 4 is 11.4 Å². The Kier molecular flexibility index (Phi) is 2.78. The summed E-state index contributed by atoms with van der Waals surface area (Å²) in [7, 11) is 0. The number of nitro benzene ring substituents is 1. The molecule has 1 aromatic rings. The molecule has 5 heteroatoms. The highest BCUT2D eigenvalue weighted by Crippen LogP contribution is 2.30. The molecular weight excluding hydrogens is 208 g/mol. The fourth-order valence-electron chi connectivity index (χ4n) is 1.92. The Bertz CT molecular complexity index is 420. The van der Waals surface area contributed by atoms with Crippen LogP contribution < -0.4 is 4.90 Å². The number of aliphatic hydroxyl groups excluding tert-OH is 1. The summed E-state index contributed by atoms with van der Waals surface area (Å²) in [6.45, 7) is 2.84. The van der Waals surface area contributed by atoms with Gasteiger partial charge in [0.05, 0.1) is 11.5 Å². The number of aliphatic hydroxyl groups is 1. The highest BCUT2D eigenvalue weighted by atomic mass is 16.6. The van der Waals surface area contributed by atoms with E-state index in [0.29, 0.717) is 11.6 Å². The molecule has 0 amide bonds. The molecule has 16 heavy (non-hydrogen) atoms. The molecule has 1 saturated heterocycles. The summed E-state index contributed by atoms with van der Waals surface area (Å²) in [5, 5.41) is 19.8. The summed E-state index contributed by atoms with van der Waals surface area (Å²) in [5.41, 5.74) is 1.46. The molecule has 1 aliphatic heterocycles. The van der Waals surface area contributed by atoms with Crippen LogP contribution in [0.1, 0.15) is 18.9 Å². The quantitative estimate of drug-likeness (QED) is 0.624. The van der Waals surface area contributed by atoms with Crippen LogP contribution in [0.25, 0.3) is 0 Å². The summed E-state index contributed by atoms with van der Waals surface area (Å²) in [5.74, 6) is 0. The van der Waals surface area contributed by atoms with Crippen LogP contribution in [0, 0.1) is 10.1 Å². The normalized spacial score (nSPS) is 19.4. The average molecular weight is 222 g/mol. The fraction of sp³-hybridized carbons (Fsp3) is 0.455. The van der Waals surface area contributed by atoms with Gasteiger partial charge in [0.2, 0.25) is 0 Å². The Morgan fingerprint density at radius 2 is 2.31 bits per heavy atom. The van der Waals surface area contributed by atoms with Gasteiger partial charge in [0.1, 0.15) is 0 Å². The highest BCUT2D eigenvalue weighted by molar-refractivity contribution is 5.57. The summed E-state index contributed by atoms with van der Waals surface area (Å²) < 4.78 is 0. The third kappa shape index (κ3) is 1.86. The maximum Gasteiger partial charge on any atom is 0.271 e. The zero-order valence-electron chi connectivity index (χ0n) is 9.09. The topological polar surface area (TPSA) is 66.6 Å². The Labute approximate surface area is 93.5 Å². The predicted molar refractivity (Wildman–Crippen MR) is 60.4 cm³/mol. The Morgan fingerprint density at radius 3 is 2.75 bits per heavy atom. The van der Waals surface area contributed by atoms with E-state index in [-0.39, 0.29) is 12.3 Å². The molecule has 1 atom stereocenters. The first-order chi connectivity index (χ1) is 7.61. The van der Waals surface area contributed by atoms with Crippen molar-refractivity contribution < 1.29 is 10.0 Å². The van der Waals surface area contributed by atoms with Crippen LogP contribution in [0.5, 0.6) is 0 Å². The summed E-state index contributed by atoms with van der Waals surface area (Å²) >= 11 is 0. The number of nitrogens with zero attached hydrogens (tertiary/aromatic N) is 2. The third-order valence-electron chi connectivity index (χ3n) is 3.01. The van der Waals surface area contributed by atoms with E-state index in [2.05, 4.69) is 11.8 Å². The number of anilines is 1. The summed E-state index contributed by atoms with van der Waals surface area (Å²) in [6, 6.07) is 5.21. The van der Waals surface area contributed by atoms with Crippen molar-refractivity contribution in [1.82, 2.24) is 0 Å². The zero-order valence-corrected chi connectivity index (χ0v) is 9.09. The molecule has 0 radical (unpaired) electrons. The van der Waals surface area contributed by atoms with Crippen LogP contribution in [0.2, 0.25) is 0 Å². The van der Waals surface area contributed by atoms with Gasteiger partial charge in [-0.1, -0.05) is 0 Å². The number of rotatable bonds is 3. The van der Waals surface area contributed by atoms with Crippen LogP contribution in [0.3, 0.4) is 0 Å². The molecule has 5 nitrogen and oxygen atoms in total. The molecular formula is C11H14N2O3. The van der Waals surface area contributed by atoms with Crippen molar-refractivity contribution in [2.45, 2.75) is 26.0 Å². The molecule has 1 aromatic carbocycles. The highest BCUT2D eigenvalue weighted by Gasteiger charge is 2.25. The minimum atomic E-state index is -0.423. The molecule has 1 unspecified atom stereocenters. The minimum absolute atomic E-state index is 0.0423. The number of hydrogen-bond acceptors (Lipinski definition) is 4. The smallest absolute Gasteiger partial charge is 0.271 e. The second kappa shape index (κ2) is 4.09. The van der Waals surface area contributed by atoms with Gasteiger partial charge < -0.3 is 10.0 Å². The molecule has 1 heterocycles. The van der Waals surface area contributed by atoms with Gasteiger partial charge in [-0.15, -0.1) is 0 Å². The van der Waals surface area contributed by atoms with E-state index < -0.39 is 4.92 Å². The molecule has 1 N–H and O–H groups in total. The van der Waals surface area contributed by atoms with Crippen molar-refractivity contribution in [3.05, 3.63) is 33.9 Å². The molecule has 86 valence electrons. The van der Waals surface area contributed by atoms with E-state index in [1.54, 1.807) is 6.07 Å². The molecule has 1 fully saturated rings. The lowest BCUT2D eigenvalue weighted by Crippen LogP contribution is -2.45. The Morgan fingerprint density at radius 1 is 1.56 bits per heavy atom.